The van der Waals surface area contributed by atoms with Gasteiger partial charge >= 0.3 is 0 Å². The lowest BCUT2D eigenvalue weighted by molar-refractivity contribution is 0.174. The standard InChI is InChI=1S/C17H25N3O2S/c1-3-18-16(20-11-17(2)7-4-8-23-17)19-10-13-5-6-14-15(9-13)22-12-21-14/h5-6,9H,3-4,7-8,10-12H2,1-2H3,(H2,18,19,20). The minimum Gasteiger partial charge on any atom is -0.454 e. The quantitative estimate of drug-likeness (QED) is 0.640. The number of aliphatic imine (C=N–C) groups is 1. The SMILES string of the molecule is CCNC(=NCc1ccc2c(c1)OCO2)NCC1(C)CCCS1. The van der Waals surface area contributed by atoms with Crippen LogP contribution >= 0.6 is 11.8 Å². The van der Waals surface area contributed by atoms with Gasteiger partial charge in [-0.25, -0.2) is 4.99 Å². The average molecular weight is 335 g/mol. The molecule has 5 nitrogen and oxygen atoms in total. The first-order valence-corrected chi connectivity index (χ1v) is 9.22. The summed E-state index contributed by atoms with van der Waals surface area (Å²) in [6, 6.07) is 5.99. The normalized spacial score (nSPS) is 23.1. The van der Waals surface area contributed by atoms with Gasteiger partial charge in [0.05, 0.1) is 6.54 Å². The van der Waals surface area contributed by atoms with Gasteiger partial charge < -0.3 is 20.1 Å². The van der Waals surface area contributed by atoms with Crippen LogP contribution in [0, 0.1) is 0 Å². The Morgan fingerprint density at radius 3 is 2.96 bits per heavy atom. The summed E-state index contributed by atoms with van der Waals surface area (Å²) in [5.74, 6) is 3.77. The fourth-order valence-corrected chi connectivity index (χ4v) is 4.04. The summed E-state index contributed by atoms with van der Waals surface area (Å²) in [6.45, 7) is 7.16. The first-order valence-electron chi connectivity index (χ1n) is 8.23. The van der Waals surface area contributed by atoms with Crippen LogP contribution in [-0.4, -0.2) is 36.3 Å². The molecule has 0 amide bonds. The maximum absolute atomic E-state index is 5.42. The summed E-state index contributed by atoms with van der Waals surface area (Å²) in [4.78, 5) is 4.69. The van der Waals surface area contributed by atoms with E-state index in [4.69, 9.17) is 14.5 Å². The van der Waals surface area contributed by atoms with E-state index in [2.05, 4.69) is 36.2 Å². The average Bonchev–Trinajstić information content (AvgIpc) is 3.19. The van der Waals surface area contributed by atoms with Gasteiger partial charge in [0.2, 0.25) is 6.79 Å². The van der Waals surface area contributed by atoms with Crippen LogP contribution in [0.5, 0.6) is 11.5 Å². The number of guanidine groups is 1. The van der Waals surface area contributed by atoms with Crippen molar-refractivity contribution >= 4 is 17.7 Å². The van der Waals surface area contributed by atoms with Crippen LogP contribution in [0.1, 0.15) is 32.3 Å². The zero-order chi connectivity index (χ0) is 16.1. The van der Waals surface area contributed by atoms with Crippen molar-refractivity contribution in [3.8, 4) is 11.5 Å². The van der Waals surface area contributed by atoms with Gasteiger partial charge in [0, 0.05) is 17.8 Å². The zero-order valence-corrected chi connectivity index (χ0v) is 14.7. The summed E-state index contributed by atoms with van der Waals surface area (Å²) >= 11 is 2.06. The molecule has 23 heavy (non-hydrogen) atoms. The number of fused-ring (bicyclic) bond motifs is 1. The van der Waals surface area contributed by atoms with Crippen molar-refractivity contribution in [1.29, 1.82) is 0 Å². The molecule has 0 bridgehead atoms. The van der Waals surface area contributed by atoms with E-state index in [9.17, 15) is 0 Å². The van der Waals surface area contributed by atoms with Crippen LogP contribution in [0.2, 0.25) is 0 Å². The molecular formula is C17H25N3O2S. The fourth-order valence-electron chi connectivity index (χ4n) is 2.80. The molecule has 1 atom stereocenters. The highest BCUT2D eigenvalue weighted by Gasteiger charge is 2.29. The Balaban J connectivity index is 1.59. The smallest absolute Gasteiger partial charge is 0.231 e. The number of hydrogen-bond donors (Lipinski definition) is 2. The molecule has 1 aromatic rings. The molecule has 2 aliphatic rings. The predicted molar refractivity (Wildman–Crippen MR) is 95.5 cm³/mol. The molecule has 1 aromatic carbocycles. The zero-order valence-electron chi connectivity index (χ0n) is 13.9. The Morgan fingerprint density at radius 1 is 1.30 bits per heavy atom. The first kappa shape index (κ1) is 16.3. The number of thioether (sulfide) groups is 1. The van der Waals surface area contributed by atoms with E-state index < -0.39 is 0 Å². The van der Waals surface area contributed by atoms with Gasteiger partial charge in [-0.1, -0.05) is 6.07 Å². The number of hydrogen-bond acceptors (Lipinski definition) is 4. The van der Waals surface area contributed by atoms with Gasteiger partial charge in [0.15, 0.2) is 17.5 Å². The summed E-state index contributed by atoms with van der Waals surface area (Å²) in [5.41, 5.74) is 1.12. The van der Waals surface area contributed by atoms with Gasteiger partial charge in [0.25, 0.3) is 0 Å². The highest BCUT2D eigenvalue weighted by molar-refractivity contribution is 8.00. The second-order valence-electron chi connectivity index (χ2n) is 6.14. The van der Waals surface area contributed by atoms with Gasteiger partial charge in [-0.05, 0) is 50.1 Å². The molecule has 2 N–H and O–H groups in total. The van der Waals surface area contributed by atoms with Gasteiger partial charge in [-0.2, -0.15) is 11.8 Å². The molecule has 0 aliphatic carbocycles. The van der Waals surface area contributed by atoms with E-state index in [1.165, 1.54) is 18.6 Å². The molecule has 1 fully saturated rings. The summed E-state index contributed by atoms with van der Waals surface area (Å²) < 4.78 is 11.1. The van der Waals surface area contributed by atoms with Crippen molar-refractivity contribution in [2.75, 3.05) is 25.6 Å². The van der Waals surface area contributed by atoms with E-state index in [-0.39, 0.29) is 0 Å². The highest BCUT2D eigenvalue weighted by Crippen LogP contribution is 2.37. The molecule has 0 aromatic heterocycles. The van der Waals surface area contributed by atoms with Crippen LogP contribution in [0.15, 0.2) is 23.2 Å². The van der Waals surface area contributed by atoms with Crippen LogP contribution in [0.4, 0.5) is 0 Å². The topological polar surface area (TPSA) is 54.9 Å². The highest BCUT2D eigenvalue weighted by atomic mass is 32.2. The Bertz CT molecular complexity index is 571. The van der Waals surface area contributed by atoms with Crippen LogP contribution in [0.3, 0.4) is 0 Å². The third-order valence-corrected chi connectivity index (χ3v) is 5.67. The molecule has 1 unspecified atom stereocenters. The van der Waals surface area contributed by atoms with Gasteiger partial charge in [-0.3, -0.25) is 0 Å². The second kappa shape index (κ2) is 7.34. The van der Waals surface area contributed by atoms with Crippen LogP contribution in [0.25, 0.3) is 0 Å². The maximum atomic E-state index is 5.42. The molecule has 0 radical (unpaired) electrons. The third-order valence-electron chi connectivity index (χ3n) is 4.13. The summed E-state index contributed by atoms with van der Waals surface area (Å²) in [7, 11) is 0. The Hall–Kier alpha value is -1.56. The molecule has 2 aliphatic heterocycles. The Labute approximate surface area is 142 Å². The fraction of sp³-hybridized carbons (Fsp3) is 0.588. The molecule has 1 saturated heterocycles. The van der Waals surface area contributed by atoms with Crippen molar-refractivity contribution in [3.05, 3.63) is 23.8 Å². The van der Waals surface area contributed by atoms with Crippen molar-refractivity contribution in [1.82, 2.24) is 10.6 Å². The monoisotopic (exact) mass is 335 g/mol. The van der Waals surface area contributed by atoms with Gasteiger partial charge in [-0.15, -0.1) is 0 Å². The van der Waals surface area contributed by atoms with E-state index in [1.54, 1.807) is 0 Å². The van der Waals surface area contributed by atoms with E-state index in [0.29, 0.717) is 18.1 Å². The Morgan fingerprint density at radius 2 is 2.17 bits per heavy atom. The van der Waals surface area contributed by atoms with Crippen molar-refractivity contribution < 1.29 is 9.47 Å². The molecule has 6 heteroatoms. The predicted octanol–water partition coefficient (Wildman–Crippen LogP) is 2.76. The lowest BCUT2D eigenvalue weighted by Gasteiger charge is -2.24. The van der Waals surface area contributed by atoms with Crippen LogP contribution < -0.4 is 20.1 Å². The Kier molecular flexibility index (Phi) is 5.20. The van der Waals surface area contributed by atoms with E-state index in [1.807, 2.05) is 18.2 Å². The molecule has 0 saturated carbocycles. The first-order chi connectivity index (χ1) is 11.2. The van der Waals surface area contributed by atoms with E-state index in [0.717, 1.165) is 36.1 Å². The molecule has 3 rings (SSSR count). The lowest BCUT2D eigenvalue weighted by Crippen LogP contribution is -2.43. The minimum absolute atomic E-state index is 0.308. The van der Waals surface area contributed by atoms with Crippen molar-refractivity contribution in [3.63, 3.8) is 0 Å². The number of benzene rings is 1. The third kappa shape index (κ3) is 4.25. The second-order valence-corrected chi connectivity index (χ2v) is 7.82. The summed E-state index contributed by atoms with van der Waals surface area (Å²) in [5, 5.41) is 6.81. The van der Waals surface area contributed by atoms with E-state index >= 15 is 0 Å². The van der Waals surface area contributed by atoms with Crippen molar-refractivity contribution in [2.45, 2.75) is 38.0 Å². The number of ether oxygens (including phenoxy) is 2. The number of nitrogens with zero attached hydrogens (tertiary/aromatic N) is 1. The number of rotatable bonds is 5. The summed E-state index contributed by atoms with van der Waals surface area (Å²) in [6.07, 6.45) is 2.58. The van der Waals surface area contributed by atoms with Crippen LogP contribution in [-0.2, 0) is 6.54 Å². The maximum Gasteiger partial charge on any atom is 0.231 e. The molecule has 2 heterocycles. The molecule has 126 valence electrons. The molecule has 0 spiro atoms. The number of nitrogens with one attached hydrogen (secondary N) is 2. The molecular weight excluding hydrogens is 310 g/mol. The minimum atomic E-state index is 0.308. The largest absolute Gasteiger partial charge is 0.454 e. The van der Waals surface area contributed by atoms with Crippen molar-refractivity contribution in [2.24, 2.45) is 4.99 Å². The lowest BCUT2D eigenvalue weighted by atomic mass is 10.1. The van der Waals surface area contributed by atoms with Gasteiger partial charge in [0.1, 0.15) is 0 Å².